The molecule has 1 atom stereocenters. The Labute approximate surface area is 137 Å². The van der Waals surface area contributed by atoms with E-state index in [0.29, 0.717) is 26.1 Å². The molecule has 1 fully saturated rings. The molecule has 0 saturated carbocycles. The zero-order chi connectivity index (χ0) is 16.9. The molecule has 128 valence electrons. The Bertz CT molecular complexity index is 628. The average Bonchev–Trinajstić information content (AvgIpc) is 2.52. The number of amides is 1. The Kier molecular flexibility index (Phi) is 6.01. The summed E-state index contributed by atoms with van der Waals surface area (Å²) in [7, 11) is -3.23. The number of aryl methyl sites for hydroxylation is 1. The van der Waals surface area contributed by atoms with E-state index >= 15 is 0 Å². The minimum absolute atomic E-state index is 0.106. The van der Waals surface area contributed by atoms with Gasteiger partial charge in [-0.2, -0.15) is 0 Å². The van der Waals surface area contributed by atoms with Gasteiger partial charge in [0.2, 0.25) is 15.9 Å². The van der Waals surface area contributed by atoms with E-state index in [9.17, 15) is 13.2 Å². The number of carbonyl (C=O) groups is 1. The Morgan fingerprint density at radius 3 is 2.70 bits per heavy atom. The van der Waals surface area contributed by atoms with Crippen molar-refractivity contribution in [3.8, 4) is 5.75 Å². The number of rotatable bonds is 6. The minimum atomic E-state index is -3.23. The lowest BCUT2D eigenvalue weighted by Gasteiger charge is -2.30. The molecule has 1 aromatic rings. The highest BCUT2D eigenvalue weighted by molar-refractivity contribution is 7.88. The van der Waals surface area contributed by atoms with Crippen molar-refractivity contribution in [3.63, 3.8) is 0 Å². The second kappa shape index (κ2) is 7.79. The zero-order valence-corrected chi connectivity index (χ0v) is 14.4. The standard InChI is InChI=1S/C16H24N2O4S/c1-13-5-7-15(8-6-13)22-11-9-17-16(19)14-4-3-10-18(12-14)23(2,20)21/h5-8,14H,3-4,9-12H2,1-2H3,(H,17,19)/t14-/m0/s1. The smallest absolute Gasteiger partial charge is 0.224 e. The van der Waals surface area contributed by atoms with Gasteiger partial charge < -0.3 is 10.1 Å². The summed E-state index contributed by atoms with van der Waals surface area (Å²) in [6, 6.07) is 7.72. The first-order chi connectivity index (χ1) is 10.9. The van der Waals surface area contributed by atoms with Crippen molar-refractivity contribution in [2.45, 2.75) is 19.8 Å². The molecule has 1 aliphatic rings. The van der Waals surface area contributed by atoms with E-state index in [2.05, 4.69) is 5.32 Å². The van der Waals surface area contributed by atoms with E-state index in [-0.39, 0.29) is 18.4 Å². The van der Waals surface area contributed by atoms with Gasteiger partial charge in [-0.3, -0.25) is 4.79 Å². The minimum Gasteiger partial charge on any atom is -0.492 e. The molecule has 1 saturated heterocycles. The predicted molar refractivity (Wildman–Crippen MR) is 88.8 cm³/mol. The van der Waals surface area contributed by atoms with E-state index in [1.165, 1.54) is 16.1 Å². The normalized spacial score (nSPS) is 19.3. The Hall–Kier alpha value is -1.60. The van der Waals surface area contributed by atoms with Crippen LogP contribution in [0.1, 0.15) is 18.4 Å². The van der Waals surface area contributed by atoms with Crippen LogP contribution in [0.3, 0.4) is 0 Å². The maximum atomic E-state index is 12.1. The summed E-state index contributed by atoms with van der Waals surface area (Å²) in [5, 5.41) is 2.82. The van der Waals surface area contributed by atoms with Crippen molar-refractivity contribution in [3.05, 3.63) is 29.8 Å². The Morgan fingerprint density at radius 1 is 1.35 bits per heavy atom. The molecule has 2 rings (SSSR count). The maximum absolute atomic E-state index is 12.1. The first-order valence-electron chi connectivity index (χ1n) is 7.78. The number of nitrogens with zero attached hydrogens (tertiary/aromatic N) is 1. The summed E-state index contributed by atoms with van der Waals surface area (Å²) in [4.78, 5) is 12.1. The second-order valence-corrected chi connectivity index (χ2v) is 7.90. The van der Waals surface area contributed by atoms with Crippen LogP contribution in [0.5, 0.6) is 5.75 Å². The molecular weight excluding hydrogens is 316 g/mol. The number of nitrogens with one attached hydrogen (secondary N) is 1. The summed E-state index contributed by atoms with van der Waals surface area (Å²) in [6.45, 7) is 3.57. The fourth-order valence-electron chi connectivity index (χ4n) is 2.58. The topological polar surface area (TPSA) is 75.7 Å². The van der Waals surface area contributed by atoms with Gasteiger partial charge in [0.25, 0.3) is 0 Å². The SMILES string of the molecule is Cc1ccc(OCCNC(=O)[C@H]2CCCN(S(C)(=O)=O)C2)cc1. The highest BCUT2D eigenvalue weighted by Crippen LogP contribution is 2.18. The van der Waals surface area contributed by atoms with E-state index in [0.717, 1.165) is 12.2 Å². The molecular formula is C16H24N2O4S. The third-order valence-electron chi connectivity index (χ3n) is 3.91. The number of piperidine rings is 1. The van der Waals surface area contributed by atoms with Gasteiger partial charge in [-0.15, -0.1) is 0 Å². The van der Waals surface area contributed by atoms with Gasteiger partial charge in [0, 0.05) is 13.1 Å². The number of hydrogen-bond acceptors (Lipinski definition) is 4. The molecule has 0 aliphatic carbocycles. The van der Waals surface area contributed by atoms with Gasteiger partial charge in [-0.05, 0) is 31.9 Å². The number of carbonyl (C=O) groups excluding carboxylic acids is 1. The lowest BCUT2D eigenvalue weighted by Crippen LogP contribution is -2.45. The fraction of sp³-hybridized carbons (Fsp3) is 0.562. The molecule has 23 heavy (non-hydrogen) atoms. The second-order valence-electron chi connectivity index (χ2n) is 5.91. The molecule has 0 spiro atoms. The maximum Gasteiger partial charge on any atom is 0.224 e. The third kappa shape index (κ3) is 5.51. The van der Waals surface area contributed by atoms with Crippen LogP contribution in [0.25, 0.3) is 0 Å². The highest BCUT2D eigenvalue weighted by atomic mass is 32.2. The molecule has 6 nitrogen and oxygen atoms in total. The van der Waals surface area contributed by atoms with Gasteiger partial charge >= 0.3 is 0 Å². The van der Waals surface area contributed by atoms with Gasteiger partial charge in [0.15, 0.2) is 0 Å². The van der Waals surface area contributed by atoms with Gasteiger partial charge in [-0.1, -0.05) is 17.7 Å². The summed E-state index contributed by atoms with van der Waals surface area (Å²) >= 11 is 0. The lowest BCUT2D eigenvalue weighted by atomic mass is 9.99. The predicted octanol–water partition coefficient (Wildman–Crippen LogP) is 1.16. The highest BCUT2D eigenvalue weighted by Gasteiger charge is 2.29. The van der Waals surface area contributed by atoms with Crippen molar-refractivity contribution in [1.29, 1.82) is 0 Å². The average molecular weight is 340 g/mol. The van der Waals surface area contributed by atoms with Crippen LogP contribution in [0.2, 0.25) is 0 Å². The van der Waals surface area contributed by atoms with Crippen LogP contribution in [-0.4, -0.2) is 51.1 Å². The molecule has 0 unspecified atom stereocenters. The molecule has 1 heterocycles. The molecule has 0 aromatic heterocycles. The number of hydrogen-bond donors (Lipinski definition) is 1. The molecule has 1 amide bonds. The first-order valence-corrected chi connectivity index (χ1v) is 9.63. The summed E-state index contributed by atoms with van der Waals surface area (Å²) in [5.41, 5.74) is 1.17. The first kappa shape index (κ1) is 17.7. The van der Waals surface area contributed by atoms with Crippen LogP contribution in [-0.2, 0) is 14.8 Å². The molecule has 0 radical (unpaired) electrons. The van der Waals surface area contributed by atoms with Crippen molar-refractivity contribution in [1.82, 2.24) is 9.62 Å². The van der Waals surface area contributed by atoms with Crippen molar-refractivity contribution in [2.24, 2.45) is 5.92 Å². The van der Waals surface area contributed by atoms with Crippen molar-refractivity contribution < 1.29 is 17.9 Å². The molecule has 0 bridgehead atoms. The van der Waals surface area contributed by atoms with Gasteiger partial charge in [-0.25, -0.2) is 12.7 Å². The van der Waals surface area contributed by atoms with Crippen LogP contribution >= 0.6 is 0 Å². The van der Waals surface area contributed by atoms with Crippen molar-refractivity contribution in [2.75, 3.05) is 32.5 Å². The lowest BCUT2D eigenvalue weighted by molar-refractivity contribution is -0.126. The molecule has 1 N–H and O–H groups in total. The molecule has 1 aromatic carbocycles. The Balaban J connectivity index is 1.73. The van der Waals surface area contributed by atoms with Crippen molar-refractivity contribution >= 4 is 15.9 Å². The van der Waals surface area contributed by atoms with Crippen LogP contribution in [0.15, 0.2) is 24.3 Å². The quantitative estimate of drug-likeness (QED) is 0.789. The summed E-state index contributed by atoms with van der Waals surface area (Å²) in [5.74, 6) is 0.384. The molecule has 1 aliphatic heterocycles. The van der Waals surface area contributed by atoms with Crippen LogP contribution in [0.4, 0.5) is 0 Å². The van der Waals surface area contributed by atoms with Gasteiger partial charge in [0.05, 0.1) is 18.7 Å². The fourth-order valence-corrected chi connectivity index (χ4v) is 3.49. The zero-order valence-electron chi connectivity index (χ0n) is 13.6. The summed E-state index contributed by atoms with van der Waals surface area (Å²) in [6.07, 6.45) is 2.62. The van der Waals surface area contributed by atoms with E-state index in [1.807, 2.05) is 31.2 Å². The molecule has 7 heteroatoms. The van der Waals surface area contributed by atoms with Crippen LogP contribution in [0, 0.1) is 12.8 Å². The monoisotopic (exact) mass is 340 g/mol. The van der Waals surface area contributed by atoms with E-state index in [1.54, 1.807) is 0 Å². The van der Waals surface area contributed by atoms with E-state index in [4.69, 9.17) is 4.74 Å². The number of benzene rings is 1. The van der Waals surface area contributed by atoms with Gasteiger partial charge in [0.1, 0.15) is 12.4 Å². The number of sulfonamides is 1. The number of ether oxygens (including phenoxy) is 1. The largest absolute Gasteiger partial charge is 0.492 e. The van der Waals surface area contributed by atoms with E-state index < -0.39 is 10.0 Å². The third-order valence-corrected chi connectivity index (χ3v) is 5.18. The summed E-state index contributed by atoms with van der Waals surface area (Å²) < 4.78 is 30.1. The van der Waals surface area contributed by atoms with Crippen LogP contribution < -0.4 is 10.1 Å². The Morgan fingerprint density at radius 2 is 2.04 bits per heavy atom.